The third-order valence-corrected chi connectivity index (χ3v) is 5.60. The van der Waals surface area contributed by atoms with E-state index in [4.69, 9.17) is 0 Å². The van der Waals surface area contributed by atoms with Crippen LogP contribution in [0.15, 0.2) is 55.0 Å². The topological polar surface area (TPSA) is 41.4 Å². The molecule has 1 fully saturated rings. The van der Waals surface area contributed by atoms with Gasteiger partial charge in [-0.15, -0.1) is 0 Å². The van der Waals surface area contributed by atoms with Gasteiger partial charge in [-0.2, -0.15) is 0 Å². The largest absolute Gasteiger partial charge is 0.348 e. The maximum absolute atomic E-state index is 12.6. The van der Waals surface area contributed by atoms with Crippen LogP contribution in [0.5, 0.6) is 0 Å². The zero-order valence-electron chi connectivity index (χ0n) is 16.6. The molecule has 5 heteroatoms. The van der Waals surface area contributed by atoms with Gasteiger partial charge in [0.25, 0.3) is 0 Å². The van der Waals surface area contributed by atoms with E-state index in [2.05, 4.69) is 51.8 Å². The first-order valence-corrected chi connectivity index (χ1v) is 10.2. The van der Waals surface area contributed by atoms with Crippen molar-refractivity contribution in [3.05, 3.63) is 66.1 Å². The second kappa shape index (κ2) is 8.57. The van der Waals surface area contributed by atoms with Crippen molar-refractivity contribution in [2.75, 3.05) is 26.2 Å². The minimum absolute atomic E-state index is 0.206. The van der Waals surface area contributed by atoms with Gasteiger partial charge >= 0.3 is 0 Å². The van der Waals surface area contributed by atoms with Crippen molar-refractivity contribution in [3.8, 4) is 0 Å². The highest BCUT2D eigenvalue weighted by molar-refractivity contribution is 5.81. The van der Waals surface area contributed by atoms with E-state index in [1.807, 2.05) is 17.0 Å². The molecule has 0 atom stereocenters. The summed E-state index contributed by atoms with van der Waals surface area (Å²) in [6.07, 6.45) is 7.15. The van der Waals surface area contributed by atoms with E-state index in [9.17, 15) is 4.79 Å². The number of amides is 1. The van der Waals surface area contributed by atoms with Crippen LogP contribution in [0.1, 0.15) is 24.5 Å². The minimum Gasteiger partial charge on any atom is -0.348 e. The van der Waals surface area contributed by atoms with E-state index in [1.54, 1.807) is 12.4 Å². The van der Waals surface area contributed by atoms with Gasteiger partial charge in [0.05, 0.1) is 6.42 Å². The third kappa shape index (κ3) is 4.25. The summed E-state index contributed by atoms with van der Waals surface area (Å²) in [6.45, 7) is 7.71. The minimum atomic E-state index is 0.206. The average Bonchev–Trinajstić information content (AvgIpc) is 2.98. The van der Waals surface area contributed by atoms with Crippen LogP contribution < -0.4 is 0 Å². The molecule has 3 aromatic rings. The Labute approximate surface area is 166 Å². The van der Waals surface area contributed by atoms with Gasteiger partial charge in [-0.1, -0.05) is 12.1 Å². The van der Waals surface area contributed by atoms with E-state index in [0.29, 0.717) is 6.42 Å². The average molecular weight is 377 g/mol. The normalized spacial score (nSPS) is 15.7. The van der Waals surface area contributed by atoms with E-state index in [0.717, 1.165) is 51.3 Å². The van der Waals surface area contributed by atoms with Crippen LogP contribution in [-0.2, 0) is 24.3 Å². The van der Waals surface area contributed by atoms with Gasteiger partial charge in [0.15, 0.2) is 0 Å². The van der Waals surface area contributed by atoms with Crippen LogP contribution >= 0.6 is 0 Å². The first kappa shape index (κ1) is 18.7. The van der Waals surface area contributed by atoms with Crippen molar-refractivity contribution in [1.82, 2.24) is 19.4 Å². The van der Waals surface area contributed by atoms with Crippen molar-refractivity contribution in [2.45, 2.75) is 32.9 Å². The number of carbonyl (C=O) groups is 1. The SMILES string of the molecule is CCn1ccc2cc(CN3CCCN(C(=O)Cc4cccnc4)CC3)ccc21. The number of aromatic nitrogens is 2. The Hall–Kier alpha value is -2.66. The maximum atomic E-state index is 12.6. The first-order chi connectivity index (χ1) is 13.7. The van der Waals surface area contributed by atoms with Crippen molar-refractivity contribution in [2.24, 2.45) is 0 Å². The van der Waals surface area contributed by atoms with Gasteiger partial charge in [-0.25, -0.2) is 0 Å². The number of hydrogen-bond donors (Lipinski definition) is 0. The van der Waals surface area contributed by atoms with Crippen molar-refractivity contribution in [3.63, 3.8) is 0 Å². The summed E-state index contributed by atoms with van der Waals surface area (Å²) in [5.41, 5.74) is 3.63. The molecule has 4 rings (SSSR count). The summed E-state index contributed by atoms with van der Waals surface area (Å²) in [5, 5.41) is 1.31. The van der Waals surface area contributed by atoms with Crippen LogP contribution in [0.4, 0.5) is 0 Å². The number of carbonyl (C=O) groups excluding carboxylic acids is 1. The number of rotatable bonds is 5. The third-order valence-electron chi connectivity index (χ3n) is 5.60. The first-order valence-electron chi connectivity index (χ1n) is 10.2. The highest BCUT2D eigenvalue weighted by Gasteiger charge is 2.19. The van der Waals surface area contributed by atoms with Gasteiger partial charge in [0, 0.05) is 63.4 Å². The Balaban J connectivity index is 1.35. The molecular formula is C23H28N4O. The van der Waals surface area contributed by atoms with Gasteiger partial charge in [0.2, 0.25) is 5.91 Å². The van der Waals surface area contributed by atoms with E-state index in [1.165, 1.54) is 16.5 Å². The molecule has 0 radical (unpaired) electrons. The number of hydrogen-bond acceptors (Lipinski definition) is 3. The lowest BCUT2D eigenvalue weighted by Crippen LogP contribution is -2.36. The molecule has 0 aliphatic carbocycles. The summed E-state index contributed by atoms with van der Waals surface area (Å²) < 4.78 is 2.27. The molecule has 1 aromatic carbocycles. The quantitative estimate of drug-likeness (QED) is 0.686. The molecule has 5 nitrogen and oxygen atoms in total. The number of pyridine rings is 1. The van der Waals surface area contributed by atoms with Crippen LogP contribution in [-0.4, -0.2) is 51.4 Å². The van der Waals surface area contributed by atoms with Crippen LogP contribution in [0.2, 0.25) is 0 Å². The molecule has 146 valence electrons. The molecule has 0 bridgehead atoms. The zero-order chi connectivity index (χ0) is 19.3. The van der Waals surface area contributed by atoms with Crippen LogP contribution in [0.25, 0.3) is 10.9 Å². The molecule has 0 unspecified atom stereocenters. The Morgan fingerprint density at radius 3 is 2.82 bits per heavy atom. The fourth-order valence-corrected chi connectivity index (χ4v) is 4.05. The smallest absolute Gasteiger partial charge is 0.227 e. The molecule has 0 spiro atoms. The van der Waals surface area contributed by atoms with E-state index in [-0.39, 0.29) is 5.91 Å². The lowest BCUT2D eigenvalue weighted by atomic mass is 10.1. The zero-order valence-corrected chi connectivity index (χ0v) is 16.6. The molecule has 0 saturated carbocycles. The maximum Gasteiger partial charge on any atom is 0.227 e. The lowest BCUT2D eigenvalue weighted by Gasteiger charge is -2.22. The molecule has 3 heterocycles. The van der Waals surface area contributed by atoms with Crippen molar-refractivity contribution < 1.29 is 4.79 Å². The molecule has 2 aromatic heterocycles. The number of aryl methyl sites for hydroxylation is 1. The lowest BCUT2D eigenvalue weighted by molar-refractivity contribution is -0.130. The standard InChI is InChI=1S/C23H28N4O/c1-2-26-12-8-21-15-20(6-7-22(21)26)18-25-10-4-11-27(14-13-25)23(28)16-19-5-3-9-24-17-19/h3,5-9,12,15,17H,2,4,10-11,13-14,16,18H2,1H3. The van der Waals surface area contributed by atoms with E-state index < -0.39 is 0 Å². The molecule has 0 N–H and O–H groups in total. The Bertz CT molecular complexity index is 934. The number of benzene rings is 1. The van der Waals surface area contributed by atoms with Crippen LogP contribution in [0, 0.1) is 0 Å². The summed E-state index contributed by atoms with van der Waals surface area (Å²) >= 11 is 0. The Morgan fingerprint density at radius 2 is 2.00 bits per heavy atom. The highest BCUT2D eigenvalue weighted by Crippen LogP contribution is 2.19. The number of fused-ring (bicyclic) bond motifs is 1. The predicted octanol–water partition coefficient (Wildman–Crippen LogP) is 3.33. The fourth-order valence-electron chi connectivity index (χ4n) is 4.05. The Morgan fingerprint density at radius 1 is 1.07 bits per heavy atom. The molecule has 1 saturated heterocycles. The summed E-state index contributed by atoms with van der Waals surface area (Å²) in [6, 6.07) is 12.8. The van der Waals surface area contributed by atoms with E-state index >= 15 is 0 Å². The summed E-state index contributed by atoms with van der Waals surface area (Å²) in [5.74, 6) is 0.206. The molecule has 1 aliphatic heterocycles. The monoisotopic (exact) mass is 376 g/mol. The summed E-state index contributed by atoms with van der Waals surface area (Å²) in [4.78, 5) is 21.2. The molecule has 28 heavy (non-hydrogen) atoms. The molecular weight excluding hydrogens is 348 g/mol. The van der Waals surface area contributed by atoms with Crippen molar-refractivity contribution in [1.29, 1.82) is 0 Å². The molecule has 1 amide bonds. The summed E-state index contributed by atoms with van der Waals surface area (Å²) in [7, 11) is 0. The fraction of sp³-hybridized carbons (Fsp3) is 0.391. The van der Waals surface area contributed by atoms with Gasteiger partial charge < -0.3 is 9.47 Å². The van der Waals surface area contributed by atoms with Gasteiger partial charge in [0.1, 0.15) is 0 Å². The van der Waals surface area contributed by atoms with Gasteiger partial charge in [-0.3, -0.25) is 14.7 Å². The Kier molecular flexibility index (Phi) is 5.72. The highest BCUT2D eigenvalue weighted by atomic mass is 16.2. The molecule has 1 aliphatic rings. The second-order valence-corrected chi connectivity index (χ2v) is 7.54. The predicted molar refractivity (Wildman–Crippen MR) is 112 cm³/mol. The van der Waals surface area contributed by atoms with Crippen molar-refractivity contribution >= 4 is 16.8 Å². The number of nitrogens with zero attached hydrogens (tertiary/aromatic N) is 4. The van der Waals surface area contributed by atoms with Crippen LogP contribution in [0.3, 0.4) is 0 Å². The van der Waals surface area contributed by atoms with Gasteiger partial charge in [-0.05, 0) is 54.1 Å². The second-order valence-electron chi connectivity index (χ2n) is 7.54.